The Morgan fingerprint density at radius 1 is 1.50 bits per heavy atom. The predicted octanol–water partition coefficient (Wildman–Crippen LogP) is 1.65. The van der Waals surface area contributed by atoms with Crippen LogP contribution in [0.1, 0.15) is 38.7 Å². The molecule has 0 fully saturated rings. The molecule has 0 radical (unpaired) electrons. The number of amides is 1. The zero-order valence-electron chi connectivity index (χ0n) is 11.2. The van der Waals surface area contributed by atoms with E-state index < -0.39 is 5.54 Å². The van der Waals surface area contributed by atoms with E-state index in [1.54, 1.807) is 6.07 Å². The summed E-state index contributed by atoms with van der Waals surface area (Å²) >= 11 is 0. The quantitative estimate of drug-likeness (QED) is 0.695. The summed E-state index contributed by atoms with van der Waals surface area (Å²) < 4.78 is 0. The van der Waals surface area contributed by atoms with E-state index in [4.69, 9.17) is 10.8 Å². The number of aliphatic hydroxyl groups excluding tert-OH is 1. The highest BCUT2D eigenvalue weighted by atomic mass is 16.3. The molecule has 18 heavy (non-hydrogen) atoms. The lowest BCUT2D eigenvalue weighted by atomic mass is 9.96. The number of nitrogen functional groups attached to an aromatic ring is 1. The molecule has 0 aliphatic heterocycles. The van der Waals surface area contributed by atoms with Crippen LogP contribution in [0.2, 0.25) is 0 Å². The third kappa shape index (κ3) is 4.04. The first-order valence-electron chi connectivity index (χ1n) is 6.14. The Morgan fingerprint density at radius 2 is 2.17 bits per heavy atom. The summed E-state index contributed by atoms with van der Waals surface area (Å²) in [6.07, 6.45) is 0.530. The molecule has 1 rings (SSSR count). The summed E-state index contributed by atoms with van der Waals surface area (Å²) in [7, 11) is 0. The van der Waals surface area contributed by atoms with Crippen molar-refractivity contribution in [3.05, 3.63) is 29.8 Å². The highest BCUT2D eigenvalue weighted by Gasteiger charge is 2.23. The zero-order valence-corrected chi connectivity index (χ0v) is 11.2. The van der Waals surface area contributed by atoms with Crippen LogP contribution in [0.4, 0.5) is 5.69 Å². The van der Waals surface area contributed by atoms with Crippen LogP contribution < -0.4 is 11.1 Å². The molecule has 0 heterocycles. The van der Waals surface area contributed by atoms with Gasteiger partial charge in [-0.25, -0.2) is 0 Å². The van der Waals surface area contributed by atoms with Crippen LogP contribution >= 0.6 is 0 Å². The van der Waals surface area contributed by atoms with Gasteiger partial charge in [0.1, 0.15) is 0 Å². The molecule has 100 valence electrons. The molecule has 0 aromatic heterocycles. The topological polar surface area (TPSA) is 75.3 Å². The maximum Gasteiger partial charge on any atom is 0.227 e. The molecule has 1 unspecified atom stereocenters. The number of benzene rings is 1. The minimum absolute atomic E-state index is 0.0555. The van der Waals surface area contributed by atoms with Crippen molar-refractivity contribution in [3.8, 4) is 0 Å². The molecule has 0 spiro atoms. The Morgan fingerprint density at radius 3 is 2.72 bits per heavy atom. The number of hydrogen-bond acceptors (Lipinski definition) is 3. The fourth-order valence-electron chi connectivity index (χ4n) is 1.76. The molecule has 4 heteroatoms. The van der Waals surface area contributed by atoms with E-state index in [-0.39, 0.29) is 18.4 Å². The van der Waals surface area contributed by atoms with Crippen molar-refractivity contribution in [2.24, 2.45) is 0 Å². The molecule has 0 aliphatic rings. The number of aliphatic hydroxyl groups is 1. The first-order chi connectivity index (χ1) is 8.35. The van der Waals surface area contributed by atoms with Gasteiger partial charge in [-0.2, -0.15) is 0 Å². The Bertz CT molecular complexity index is 416. The van der Waals surface area contributed by atoms with Gasteiger partial charge < -0.3 is 16.2 Å². The fourth-order valence-corrected chi connectivity index (χ4v) is 1.76. The molecular formula is C14H22N2O2. The van der Waals surface area contributed by atoms with Crippen molar-refractivity contribution in [3.63, 3.8) is 0 Å². The first kappa shape index (κ1) is 14.5. The van der Waals surface area contributed by atoms with Crippen LogP contribution in [0.3, 0.4) is 0 Å². The molecule has 0 bridgehead atoms. The lowest BCUT2D eigenvalue weighted by Crippen LogP contribution is -2.45. The van der Waals surface area contributed by atoms with E-state index in [1.165, 1.54) is 0 Å². The van der Waals surface area contributed by atoms with Gasteiger partial charge in [0, 0.05) is 17.8 Å². The van der Waals surface area contributed by atoms with Crippen LogP contribution in [-0.4, -0.2) is 23.2 Å². The van der Waals surface area contributed by atoms with Crippen molar-refractivity contribution in [1.29, 1.82) is 0 Å². The molecule has 0 aliphatic carbocycles. The van der Waals surface area contributed by atoms with Crippen molar-refractivity contribution in [2.75, 3.05) is 12.3 Å². The van der Waals surface area contributed by atoms with Gasteiger partial charge in [0.05, 0.1) is 5.92 Å². The molecule has 0 saturated heterocycles. The Labute approximate surface area is 108 Å². The number of rotatable bonds is 5. The number of hydrogen-bond donors (Lipinski definition) is 3. The molecule has 1 amide bonds. The summed E-state index contributed by atoms with van der Waals surface area (Å²) in [5, 5.41) is 11.9. The van der Waals surface area contributed by atoms with Gasteiger partial charge in [0.2, 0.25) is 5.91 Å². The Kier molecular flexibility index (Phi) is 4.73. The number of nitrogens with two attached hydrogens (primary N) is 1. The second-order valence-corrected chi connectivity index (χ2v) is 5.24. The maximum atomic E-state index is 12.1. The van der Waals surface area contributed by atoms with Crippen LogP contribution in [0, 0.1) is 0 Å². The van der Waals surface area contributed by atoms with E-state index in [0.717, 1.165) is 5.56 Å². The monoisotopic (exact) mass is 250 g/mol. The highest BCUT2D eigenvalue weighted by molar-refractivity contribution is 5.84. The van der Waals surface area contributed by atoms with Gasteiger partial charge in [0.25, 0.3) is 0 Å². The van der Waals surface area contributed by atoms with Gasteiger partial charge in [-0.15, -0.1) is 0 Å². The van der Waals surface area contributed by atoms with Gasteiger partial charge in [-0.05, 0) is 44.9 Å². The normalized spacial score (nSPS) is 13.1. The summed E-state index contributed by atoms with van der Waals surface area (Å²) in [6.45, 7) is 5.69. The molecule has 1 atom stereocenters. The van der Waals surface area contributed by atoms with Gasteiger partial charge in [-0.3, -0.25) is 4.79 Å². The predicted molar refractivity (Wildman–Crippen MR) is 73.2 cm³/mol. The third-order valence-electron chi connectivity index (χ3n) is 3.00. The second-order valence-electron chi connectivity index (χ2n) is 5.24. The summed E-state index contributed by atoms with van der Waals surface area (Å²) in [4.78, 5) is 12.1. The van der Waals surface area contributed by atoms with Crippen molar-refractivity contribution in [2.45, 2.75) is 38.6 Å². The van der Waals surface area contributed by atoms with E-state index in [0.29, 0.717) is 12.1 Å². The van der Waals surface area contributed by atoms with E-state index in [9.17, 15) is 4.79 Å². The number of anilines is 1. The summed E-state index contributed by atoms with van der Waals surface area (Å²) in [5.41, 5.74) is 6.85. The lowest BCUT2D eigenvalue weighted by molar-refractivity contribution is -0.123. The smallest absolute Gasteiger partial charge is 0.227 e. The van der Waals surface area contributed by atoms with E-state index >= 15 is 0 Å². The fraction of sp³-hybridized carbons (Fsp3) is 0.500. The van der Waals surface area contributed by atoms with Gasteiger partial charge in [0.15, 0.2) is 0 Å². The van der Waals surface area contributed by atoms with Crippen LogP contribution in [0.25, 0.3) is 0 Å². The van der Waals surface area contributed by atoms with Crippen LogP contribution in [0.15, 0.2) is 24.3 Å². The second kappa shape index (κ2) is 5.87. The van der Waals surface area contributed by atoms with Crippen molar-refractivity contribution >= 4 is 11.6 Å². The molecule has 4 nitrogen and oxygen atoms in total. The van der Waals surface area contributed by atoms with Crippen LogP contribution in [0.5, 0.6) is 0 Å². The standard InChI is InChI=1S/C14H22N2O2/c1-10(11-5-4-6-12(15)9-11)13(18)16-14(2,3)7-8-17/h4-6,9-10,17H,7-8,15H2,1-3H3,(H,16,18). The maximum absolute atomic E-state index is 12.1. The summed E-state index contributed by atoms with van der Waals surface area (Å²) in [6, 6.07) is 7.33. The Hall–Kier alpha value is -1.55. The average molecular weight is 250 g/mol. The summed E-state index contributed by atoms with van der Waals surface area (Å²) in [5.74, 6) is -0.314. The molecule has 1 aromatic rings. The average Bonchev–Trinajstić information content (AvgIpc) is 2.27. The molecular weight excluding hydrogens is 228 g/mol. The minimum Gasteiger partial charge on any atom is -0.399 e. The Balaban J connectivity index is 2.73. The van der Waals surface area contributed by atoms with Crippen molar-refractivity contribution < 1.29 is 9.90 Å². The molecule has 4 N–H and O–H groups in total. The number of carbonyl (C=O) groups excluding carboxylic acids is 1. The lowest BCUT2D eigenvalue weighted by Gasteiger charge is -2.27. The van der Waals surface area contributed by atoms with E-state index in [2.05, 4.69) is 5.32 Å². The number of nitrogens with one attached hydrogen (secondary N) is 1. The SMILES string of the molecule is CC(C(=O)NC(C)(C)CCO)c1cccc(N)c1. The van der Waals surface area contributed by atoms with Crippen LogP contribution in [-0.2, 0) is 4.79 Å². The van der Waals surface area contributed by atoms with E-state index in [1.807, 2.05) is 39.0 Å². The largest absolute Gasteiger partial charge is 0.399 e. The first-order valence-corrected chi connectivity index (χ1v) is 6.14. The molecule has 1 aromatic carbocycles. The third-order valence-corrected chi connectivity index (χ3v) is 3.00. The van der Waals surface area contributed by atoms with Gasteiger partial charge >= 0.3 is 0 Å². The van der Waals surface area contributed by atoms with Crippen molar-refractivity contribution in [1.82, 2.24) is 5.32 Å². The highest BCUT2D eigenvalue weighted by Crippen LogP contribution is 2.19. The molecule has 0 saturated carbocycles. The number of carbonyl (C=O) groups is 1. The minimum atomic E-state index is -0.402. The zero-order chi connectivity index (χ0) is 13.8. The van der Waals surface area contributed by atoms with Gasteiger partial charge in [-0.1, -0.05) is 12.1 Å².